The third-order valence-electron chi connectivity index (χ3n) is 4.05. The smallest absolute Gasteiger partial charge is 0.303 e. The van der Waals surface area contributed by atoms with E-state index in [-0.39, 0.29) is 6.61 Å². The van der Waals surface area contributed by atoms with Gasteiger partial charge in [-0.15, -0.1) is 0 Å². The fraction of sp³-hybridized carbons (Fsp3) is 0.526. The largest absolute Gasteiger partial charge is 0.497 e. The van der Waals surface area contributed by atoms with Crippen molar-refractivity contribution in [2.75, 3.05) is 13.7 Å². The summed E-state index contributed by atoms with van der Waals surface area (Å²) >= 11 is 1.27. The summed E-state index contributed by atoms with van der Waals surface area (Å²) in [7, 11) is 1.55. The predicted octanol–water partition coefficient (Wildman–Crippen LogP) is 1.27. The van der Waals surface area contributed by atoms with Crippen LogP contribution >= 0.6 is 11.8 Å². The maximum Gasteiger partial charge on any atom is 0.303 e. The number of benzene rings is 1. The van der Waals surface area contributed by atoms with Crippen LogP contribution in [0, 0.1) is 0 Å². The number of esters is 3. The van der Waals surface area contributed by atoms with Gasteiger partial charge in [-0.25, -0.2) is 0 Å². The summed E-state index contributed by atoms with van der Waals surface area (Å²) in [6, 6.07) is 6.35. The van der Waals surface area contributed by atoms with Crippen LogP contribution in [0.2, 0.25) is 0 Å². The molecular formula is C19H25NO8S. The van der Waals surface area contributed by atoms with Crippen LogP contribution in [0.5, 0.6) is 5.75 Å². The summed E-state index contributed by atoms with van der Waals surface area (Å²) in [4.78, 5) is 35.2. The highest BCUT2D eigenvalue weighted by Crippen LogP contribution is 2.36. The van der Waals surface area contributed by atoms with Crippen molar-refractivity contribution >= 4 is 29.7 Å². The number of hydrogen-bond acceptors (Lipinski definition) is 10. The van der Waals surface area contributed by atoms with Gasteiger partial charge < -0.3 is 29.4 Å². The van der Waals surface area contributed by atoms with Crippen molar-refractivity contribution < 1.29 is 38.1 Å². The van der Waals surface area contributed by atoms with Crippen LogP contribution in [0.15, 0.2) is 29.2 Å². The van der Waals surface area contributed by atoms with Gasteiger partial charge in [0.1, 0.15) is 30.0 Å². The molecule has 160 valence electrons. The minimum Gasteiger partial charge on any atom is -0.497 e. The van der Waals surface area contributed by atoms with Gasteiger partial charge in [-0.1, -0.05) is 17.8 Å². The van der Waals surface area contributed by atoms with Crippen LogP contribution in [0.25, 0.3) is 0 Å². The Morgan fingerprint density at radius 2 is 1.72 bits per heavy atom. The van der Waals surface area contributed by atoms with Crippen LogP contribution in [-0.4, -0.2) is 61.4 Å². The Balaban J connectivity index is 2.30. The average molecular weight is 427 g/mol. The number of ether oxygens (including phenoxy) is 5. The minimum absolute atomic E-state index is 0.164. The van der Waals surface area contributed by atoms with Crippen LogP contribution in [0.4, 0.5) is 0 Å². The molecule has 10 heteroatoms. The van der Waals surface area contributed by atoms with Crippen LogP contribution in [0.3, 0.4) is 0 Å². The lowest BCUT2D eigenvalue weighted by Gasteiger charge is -2.43. The molecule has 1 aromatic rings. The molecule has 29 heavy (non-hydrogen) atoms. The molecule has 5 unspecified atom stereocenters. The lowest BCUT2D eigenvalue weighted by atomic mass is 9.97. The second kappa shape index (κ2) is 10.5. The molecule has 5 atom stereocenters. The molecule has 0 bridgehead atoms. The molecule has 0 aromatic heterocycles. The summed E-state index contributed by atoms with van der Waals surface area (Å²) < 4.78 is 27.0. The van der Waals surface area contributed by atoms with Crippen LogP contribution in [0.1, 0.15) is 20.8 Å². The molecular weight excluding hydrogens is 402 g/mol. The van der Waals surface area contributed by atoms with E-state index in [1.54, 1.807) is 19.2 Å². The number of methoxy groups -OCH3 is 1. The van der Waals surface area contributed by atoms with Crippen molar-refractivity contribution in [3.05, 3.63) is 24.3 Å². The Hall–Kier alpha value is -2.30. The van der Waals surface area contributed by atoms with Gasteiger partial charge in [0, 0.05) is 25.7 Å². The van der Waals surface area contributed by atoms with Gasteiger partial charge in [0.2, 0.25) is 0 Å². The zero-order valence-corrected chi connectivity index (χ0v) is 17.5. The minimum atomic E-state index is -0.960. The van der Waals surface area contributed by atoms with Gasteiger partial charge in [-0.2, -0.15) is 0 Å². The first-order valence-electron chi connectivity index (χ1n) is 8.90. The van der Waals surface area contributed by atoms with E-state index in [9.17, 15) is 14.4 Å². The quantitative estimate of drug-likeness (QED) is 0.502. The Bertz CT molecular complexity index is 741. The maximum absolute atomic E-state index is 11.6. The lowest BCUT2D eigenvalue weighted by molar-refractivity contribution is -0.201. The van der Waals surface area contributed by atoms with E-state index in [1.165, 1.54) is 32.5 Å². The molecule has 1 heterocycles. The monoisotopic (exact) mass is 427 g/mol. The van der Waals surface area contributed by atoms with Crippen molar-refractivity contribution in [2.45, 2.75) is 55.5 Å². The van der Waals surface area contributed by atoms with Gasteiger partial charge in [0.15, 0.2) is 6.10 Å². The highest BCUT2D eigenvalue weighted by Gasteiger charge is 2.48. The molecule has 0 radical (unpaired) electrons. The van der Waals surface area contributed by atoms with Gasteiger partial charge >= 0.3 is 17.9 Å². The van der Waals surface area contributed by atoms with E-state index >= 15 is 0 Å². The first kappa shape index (κ1) is 23.0. The Morgan fingerprint density at radius 3 is 2.31 bits per heavy atom. The Kier molecular flexibility index (Phi) is 8.30. The number of thioether (sulfide) groups is 1. The fourth-order valence-corrected chi connectivity index (χ4v) is 4.03. The predicted molar refractivity (Wildman–Crippen MR) is 103 cm³/mol. The summed E-state index contributed by atoms with van der Waals surface area (Å²) in [6.07, 6.45) is -2.69. The zero-order chi connectivity index (χ0) is 21.6. The molecule has 9 nitrogen and oxygen atoms in total. The third kappa shape index (κ3) is 6.62. The van der Waals surface area contributed by atoms with Crippen LogP contribution in [-0.2, 0) is 33.3 Å². The van der Waals surface area contributed by atoms with E-state index in [0.29, 0.717) is 5.75 Å². The van der Waals surface area contributed by atoms with Crippen LogP contribution < -0.4 is 10.5 Å². The molecule has 1 aliphatic rings. The molecule has 0 amide bonds. The summed E-state index contributed by atoms with van der Waals surface area (Å²) in [6.45, 7) is 3.58. The first-order valence-corrected chi connectivity index (χ1v) is 9.78. The molecule has 1 aromatic carbocycles. The highest BCUT2D eigenvalue weighted by atomic mass is 32.2. The Morgan fingerprint density at radius 1 is 1.07 bits per heavy atom. The third-order valence-corrected chi connectivity index (χ3v) is 5.19. The number of carbonyl (C=O) groups excluding carboxylic acids is 3. The summed E-state index contributed by atoms with van der Waals surface area (Å²) in [5, 5.41) is 0. The van der Waals surface area contributed by atoms with Gasteiger partial charge in [-0.3, -0.25) is 14.4 Å². The summed E-state index contributed by atoms with van der Waals surface area (Å²) in [5.74, 6) is -0.996. The SMILES string of the molecule is COc1cccc(SC2OC(COC(C)=O)C(OC(C)=O)C(N)C2OC(C)=O)c1. The molecule has 2 rings (SSSR count). The fourth-order valence-electron chi connectivity index (χ4n) is 2.85. The first-order chi connectivity index (χ1) is 13.7. The van der Waals surface area contributed by atoms with Crippen molar-refractivity contribution in [3.63, 3.8) is 0 Å². The van der Waals surface area contributed by atoms with Crippen molar-refractivity contribution in [2.24, 2.45) is 5.73 Å². The number of rotatable bonds is 7. The Labute approximate surface area is 173 Å². The van der Waals surface area contributed by atoms with Crippen molar-refractivity contribution in [1.29, 1.82) is 0 Å². The van der Waals surface area contributed by atoms with E-state index in [1.807, 2.05) is 12.1 Å². The number of nitrogens with two attached hydrogens (primary N) is 1. The molecule has 1 saturated heterocycles. The highest BCUT2D eigenvalue weighted by molar-refractivity contribution is 7.99. The van der Waals surface area contributed by atoms with E-state index in [4.69, 9.17) is 29.4 Å². The zero-order valence-electron chi connectivity index (χ0n) is 16.7. The lowest BCUT2D eigenvalue weighted by Crippen LogP contribution is -2.63. The average Bonchev–Trinajstić information content (AvgIpc) is 2.65. The molecule has 0 spiro atoms. The molecule has 1 fully saturated rings. The van der Waals surface area contributed by atoms with Crippen molar-refractivity contribution in [3.8, 4) is 5.75 Å². The van der Waals surface area contributed by atoms with Crippen molar-refractivity contribution in [1.82, 2.24) is 0 Å². The standard InChI is InChI=1S/C19H25NO8S/c1-10(21)25-9-15-17(26-11(2)22)16(20)18(27-12(3)23)19(28-15)29-14-7-5-6-13(8-14)24-4/h5-8,15-19H,9,20H2,1-4H3. The van der Waals surface area contributed by atoms with Gasteiger partial charge in [0.05, 0.1) is 13.2 Å². The maximum atomic E-state index is 11.6. The molecule has 1 aliphatic heterocycles. The second-order valence-corrected chi connectivity index (χ2v) is 7.54. The summed E-state index contributed by atoms with van der Waals surface area (Å²) in [5.41, 5.74) is 5.58. The second-order valence-electron chi connectivity index (χ2n) is 6.37. The topological polar surface area (TPSA) is 123 Å². The number of carbonyl (C=O) groups is 3. The number of hydrogen-bond donors (Lipinski definition) is 1. The van der Waals surface area contributed by atoms with E-state index in [0.717, 1.165) is 4.90 Å². The molecule has 2 N–H and O–H groups in total. The van der Waals surface area contributed by atoms with Gasteiger partial charge in [-0.05, 0) is 18.2 Å². The van der Waals surface area contributed by atoms with Gasteiger partial charge in [0.25, 0.3) is 0 Å². The van der Waals surface area contributed by atoms with E-state index < -0.39 is 47.7 Å². The molecule has 0 aliphatic carbocycles. The molecule has 0 saturated carbocycles. The normalized spacial score (nSPS) is 26.3. The van der Waals surface area contributed by atoms with E-state index in [2.05, 4.69) is 0 Å².